The molecule has 2 aliphatic rings. The number of likely N-dealkylation sites (tertiary alicyclic amines) is 1. The molecule has 0 aromatic heterocycles. The van der Waals surface area contributed by atoms with Crippen molar-refractivity contribution in [2.45, 2.75) is 26.2 Å². The molecule has 0 saturated carbocycles. The molecule has 0 bridgehead atoms. The van der Waals surface area contributed by atoms with Crippen molar-refractivity contribution in [1.82, 2.24) is 15.5 Å². The number of amides is 3. The van der Waals surface area contributed by atoms with Gasteiger partial charge >= 0.3 is 6.03 Å². The zero-order valence-corrected chi connectivity index (χ0v) is 9.71. The molecule has 1 unspecified atom stereocenters. The Morgan fingerprint density at radius 3 is 3.06 bits per heavy atom. The zero-order chi connectivity index (χ0) is 11.6. The Kier molecular flexibility index (Phi) is 3.03. The summed E-state index contributed by atoms with van der Waals surface area (Å²) in [7, 11) is 0. The number of carbonyl (C=O) groups is 2. The summed E-state index contributed by atoms with van der Waals surface area (Å²) in [5, 5.41) is 5.73. The lowest BCUT2D eigenvalue weighted by atomic mass is 9.86. The highest BCUT2D eigenvalue weighted by Crippen LogP contribution is 2.36. The molecule has 1 atom stereocenters. The zero-order valence-electron chi connectivity index (χ0n) is 9.71. The summed E-state index contributed by atoms with van der Waals surface area (Å²) in [5.41, 5.74) is 0.0145. The lowest BCUT2D eigenvalue weighted by molar-refractivity contribution is -0.119. The fourth-order valence-electron chi connectivity index (χ4n) is 2.49. The Balaban J connectivity index is 1.88. The fraction of sp³-hybridized carbons (Fsp3) is 0.818. The van der Waals surface area contributed by atoms with E-state index in [1.165, 1.54) is 0 Å². The van der Waals surface area contributed by atoms with E-state index in [4.69, 9.17) is 0 Å². The molecule has 90 valence electrons. The lowest BCUT2D eigenvalue weighted by Gasteiger charge is -2.21. The van der Waals surface area contributed by atoms with Gasteiger partial charge in [0.15, 0.2) is 0 Å². The molecule has 3 amide bonds. The van der Waals surface area contributed by atoms with Crippen LogP contribution >= 0.6 is 0 Å². The minimum absolute atomic E-state index is 0.0121. The van der Waals surface area contributed by atoms with Crippen LogP contribution in [0.1, 0.15) is 26.2 Å². The third-order valence-corrected chi connectivity index (χ3v) is 3.45. The van der Waals surface area contributed by atoms with Crippen LogP contribution in [0.3, 0.4) is 0 Å². The van der Waals surface area contributed by atoms with Crippen molar-refractivity contribution in [3.05, 3.63) is 0 Å². The largest absolute Gasteiger partial charge is 0.355 e. The molecule has 0 aromatic rings. The number of urea groups is 1. The predicted molar refractivity (Wildman–Crippen MR) is 59.9 cm³/mol. The Morgan fingerprint density at radius 2 is 2.44 bits per heavy atom. The van der Waals surface area contributed by atoms with Crippen molar-refractivity contribution < 1.29 is 9.59 Å². The third-order valence-electron chi connectivity index (χ3n) is 3.45. The number of nitrogens with one attached hydrogen (secondary N) is 2. The minimum atomic E-state index is 0.0121. The molecule has 1 spiro atoms. The molecule has 5 heteroatoms. The fourth-order valence-corrected chi connectivity index (χ4v) is 2.49. The van der Waals surface area contributed by atoms with Gasteiger partial charge in [0.05, 0.1) is 0 Å². The number of nitrogens with zero attached hydrogens (tertiary/aromatic N) is 1. The van der Waals surface area contributed by atoms with Crippen molar-refractivity contribution in [2.75, 3.05) is 26.2 Å². The van der Waals surface area contributed by atoms with Gasteiger partial charge in [0.2, 0.25) is 5.91 Å². The first kappa shape index (κ1) is 11.2. The van der Waals surface area contributed by atoms with E-state index in [9.17, 15) is 9.59 Å². The highest BCUT2D eigenvalue weighted by molar-refractivity contribution is 5.80. The normalized spacial score (nSPS) is 28.6. The van der Waals surface area contributed by atoms with Gasteiger partial charge < -0.3 is 15.5 Å². The maximum Gasteiger partial charge on any atom is 0.317 e. The summed E-state index contributed by atoms with van der Waals surface area (Å²) in [5.74, 6) is 0.121. The molecule has 0 radical (unpaired) electrons. The number of hydrogen-bond donors (Lipinski definition) is 2. The van der Waals surface area contributed by atoms with Crippen LogP contribution in [-0.2, 0) is 4.79 Å². The van der Waals surface area contributed by atoms with Crippen LogP contribution in [0.25, 0.3) is 0 Å². The molecular weight excluding hydrogens is 206 g/mol. The van der Waals surface area contributed by atoms with Crippen LogP contribution in [0.5, 0.6) is 0 Å². The summed E-state index contributed by atoms with van der Waals surface area (Å²) in [6, 6.07) is 0.0121. The van der Waals surface area contributed by atoms with E-state index < -0.39 is 0 Å². The van der Waals surface area contributed by atoms with Crippen LogP contribution in [0.4, 0.5) is 4.79 Å². The second-order valence-electron chi connectivity index (χ2n) is 4.86. The molecule has 0 aromatic carbocycles. The van der Waals surface area contributed by atoms with E-state index in [-0.39, 0.29) is 17.4 Å². The van der Waals surface area contributed by atoms with Gasteiger partial charge in [-0.2, -0.15) is 0 Å². The molecule has 0 aliphatic carbocycles. The molecule has 5 nitrogen and oxygen atoms in total. The van der Waals surface area contributed by atoms with Gasteiger partial charge in [-0.05, 0) is 12.8 Å². The SMILES string of the molecule is CCCNC(=O)N1CCC2(CNC(=O)C2)C1. The average Bonchev–Trinajstić information content (AvgIpc) is 2.83. The van der Waals surface area contributed by atoms with E-state index in [0.29, 0.717) is 13.0 Å². The lowest BCUT2D eigenvalue weighted by Crippen LogP contribution is -2.40. The predicted octanol–water partition coefficient (Wildman–Crippen LogP) is 0.318. The maximum atomic E-state index is 11.7. The highest BCUT2D eigenvalue weighted by Gasteiger charge is 2.44. The van der Waals surface area contributed by atoms with Crippen LogP contribution in [0, 0.1) is 5.41 Å². The van der Waals surface area contributed by atoms with Gasteiger partial charge in [0, 0.05) is 38.0 Å². The molecule has 2 fully saturated rings. The summed E-state index contributed by atoms with van der Waals surface area (Å²) >= 11 is 0. The van der Waals surface area contributed by atoms with Crippen molar-refractivity contribution >= 4 is 11.9 Å². The first-order valence-electron chi connectivity index (χ1n) is 5.95. The molecule has 2 aliphatic heterocycles. The first-order chi connectivity index (χ1) is 7.65. The van der Waals surface area contributed by atoms with E-state index in [1.807, 2.05) is 11.8 Å². The van der Waals surface area contributed by atoms with E-state index in [2.05, 4.69) is 10.6 Å². The van der Waals surface area contributed by atoms with Gasteiger partial charge in [0.25, 0.3) is 0 Å². The number of hydrogen-bond acceptors (Lipinski definition) is 2. The number of carbonyl (C=O) groups excluding carboxylic acids is 2. The van der Waals surface area contributed by atoms with E-state index >= 15 is 0 Å². The summed E-state index contributed by atoms with van der Waals surface area (Å²) < 4.78 is 0. The van der Waals surface area contributed by atoms with E-state index in [0.717, 1.165) is 32.5 Å². The van der Waals surface area contributed by atoms with Crippen LogP contribution in [-0.4, -0.2) is 43.0 Å². The maximum absolute atomic E-state index is 11.7. The van der Waals surface area contributed by atoms with E-state index in [1.54, 1.807) is 0 Å². The molecule has 2 N–H and O–H groups in total. The second-order valence-corrected chi connectivity index (χ2v) is 4.86. The topological polar surface area (TPSA) is 61.4 Å². The Bertz CT molecular complexity index is 306. The van der Waals surface area contributed by atoms with Crippen LogP contribution in [0.2, 0.25) is 0 Å². The first-order valence-corrected chi connectivity index (χ1v) is 5.95. The number of rotatable bonds is 2. The van der Waals surface area contributed by atoms with Gasteiger partial charge in [-0.15, -0.1) is 0 Å². The van der Waals surface area contributed by atoms with Gasteiger partial charge in [-0.3, -0.25) is 4.79 Å². The van der Waals surface area contributed by atoms with Crippen molar-refractivity contribution in [3.63, 3.8) is 0 Å². The Labute approximate surface area is 95.6 Å². The van der Waals surface area contributed by atoms with Crippen molar-refractivity contribution in [3.8, 4) is 0 Å². The quantitative estimate of drug-likeness (QED) is 0.711. The minimum Gasteiger partial charge on any atom is -0.355 e. The Morgan fingerprint density at radius 1 is 1.62 bits per heavy atom. The molecule has 2 rings (SSSR count). The molecule has 16 heavy (non-hydrogen) atoms. The smallest absolute Gasteiger partial charge is 0.317 e. The van der Waals surface area contributed by atoms with Gasteiger partial charge in [-0.25, -0.2) is 4.79 Å². The second kappa shape index (κ2) is 4.31. The highest BCUT2D eigenvalue weighted by atomic mass is 16.2. The molecule has 2 saturated heterocycles. The third kappa shape index (κ3) is 2.13. The summed E-state index contributed by atoms with van der Waals surface area (Å²) in [4.78, 5) is 24.8. The van der Waals surface area contributed by atoms with Crippen molar-refractivity contribution in [2.24, 2.45) is 5.41 Å². The van der Waals surface area contributed by atoms with Crippen molar-refractivity contribution in [1.29, 1.82) is 0 Å². The van der Waals surface area contributed by atoms with Gasteiger partial charge in [0.1, 0.15) is 0 Å². The summed E-state index contributed by atoms with van der Waals surface area (Å²) in [6.45, 7) is 4.96. The standard InChI is InChI=1S/C11H19N3O2/c1-2-4-12-10(16)14-5-3-11(8-14)6-9(15)13-7-11/h2-8H2,1H3,(H,12,16)(H,13,15). The molecular formula is C11H19N3O2. The van der Waals surface area contributed by atoms with Gasteiger partial charge in [-0.1, -0.05) is 6.92 Å². The monoisotopic (exact) mass is 225 g/mol. The average molecular weight is 225 g/mol. The Hall–Kier alpha value is -1.26. The molecule has 2 heterocycles. The van der Waals surface area contributed by atoms with Crippen LogP contribution < -0.4 is 10.6 Å². The summed E-state index contributed by atoms with van der Waals surface area (Å²) in [6.07, 6.45) is 2.46. The van der Waals surface area contributed by atoms with Crippen LogP contribution in [0.15, 0.2) is 0 Å².